The minimum Gasteiger partial charge on any atom is -0.385 e. The molecule has 0 saturated carbocycles. The highest BCUT2D eigenvalue weighted by Crippen LogP contribution is 2.34. The van der Waals surface area contributed by atoms with E-state index in [0.29, 0.717) is 5.41 Å². The van der Waals surface area contributed by atoms with E-state index in [0.717, 1.165) is 30.2 Å². The Balaban J connectivity index is 4.07. The van der Waals surface area contributed by atoms with Gasteiger partial charge in [-0.25, -0.2) is 0 Å². The number of alkyl halides is 1. The van der Waals surface area contributed by atoms with Crippen LogP contribution in [-0.2, 0) is 4.74 Å². The summed E-state index contributed by atoms with van der Waals surface area (Å²) >= 11 is 3.60. The number of halogens is 1. The van der Waals surface area contributed by atoms with Crippen LogP contribution in [0.25, 0.3) is 0 Å². The van der Waals surface area contributed by atoms with Crippen molar-refractivity contribution < 1.29 is 4.74 Å². The Bertz CT molecular complexity index is 129. The summed E-state index contributed by atoms with van der Waals surface area (Å²) in [5.41, 5.74) is 0.386. The van der Waals surface area contributed by atoms with Crippen molar-refractivity contribution in [3.63, 3.8) is 0 Å². The number of rotatable bonds is 5. The van der Waals surface area contributed by atoms with E-state index in [1.54, 1.807) is 7.11 Å². The molecule has 0 radical (unpaired) electrons. The van der Waals surface area contributed by atoms with Crippen LogP contribution < -0.4 is 0 Å². The number of ether oxygens (including phenoxy) is 1. The summed E-state index contributed by atoms with van der Waals surface area (Å²) in [7, 11) is 1.77. The van der Waals surface area contributed by atoms with Crippen LogP contribution in [0.2, 0.25) is 0 Å². The van der Waals surface area contributed by atoms with Gasteiger partial charge < -0.3 is 4.74 Å². The van der Waals surface area contributed by atoms with Crippen LogP contribution in [-0.4, -0.2) is 19.0 Å². The molecule has 1 nitrogen and oxygen atoms in total. The van der Waals surface area contributed by atoms with Gasteiger partial charge in [-0.1, -0.05) is 43.6 Å². The molecule has 2 unspecified atom stereocenters. The van der Waals surface area contributed by atoms with E-state index in [2.05, 4.69) is 43.6 Å². The van der Waals surface area contributed by atoms with Crippen molar-refractivity contribution in [3.8, 4) is 0 Å². The van der Waals surface area contributed by atoms with Crippen LogP contribution in [0.15, 0.2) is 0 Å². The lowest BCUT2D eigenvalue weighted by atomic mass is 9.74. The Morgan fingerprint density at radius 3 is 2.15 bits per heavy atom. The molecule has 0 aliphatic carbocycles. The molecule has 0 aromatic rings. The zero-order chi connectivity index (χ0) is 10.5. The van der Waals surface area contributed by atoms with Gasteiger partial charge in [-0.3, -0.25) is 0 Å². The normalized spacial score (nSPS) is 17.1. The lowest BCUT2D eigenvalue weighted by Gasteiger charge is -2.34. The van der Waals surface area contributed by atoms with Crippen LogP contribution in [0.5, 0.6) is 0 Å². The van der Waals surface area contributed by atoms with E-state index >= 15 is 0 Å². The van der Waals surface area contributed by atoms with Crippen molar-refractivity contribution in [1.82, 2.24) is 0 Å². The summed E-state index contributed by atoms with van der Waals surface area (Å²) in [6.45, 7) is 10.1. The highest BCUT2D eigenvalue weighted by atomic mass is 79.9. The molecule has 80 valence electrons. The molecular formula is C11H23BrO. The molecule has 2 atom stereocenters. The predicted octanol–water partition coefficient (Wildman–Crippen LogP) is 3.72. The van der Waals surface area contributed by atoms with E-state index in [9.17, 15) is 0 Å². The van der Waals surface area contributed by atoms with Gasteiger partial charge in [0.25, 0.3) is 0 Å². The topological polar surface area (TPSA) is 9.23 Å². The van der Waals surface area contributed by atoms with Gasteiger partial charge in [0.2, 0.25) is 0 Å². The minimum absolute atomic E-state index is 0.386. The summed E-state index contributed by atoms with van der Waals surface area (Å²) in [4.78, 5) is 0. The summed E-state index contributed by atoms with van der Waals surface area (Å²) in [6.07, 6.45) is 1.16. The summed E-state index contributed by atoms with van der Waals surface area (Å²) in [5.74, 6) is 1.45. The Hall–Kier alpha value is 0.440. The van der Waals surface area contributed by atoms with Crippen LogP contribution in [0.4, 0.5) is 0 Å². The zero-order valence-electron chi connectivity index (χ0n) is 9.56. The maximum Gasteiger partial charge on any atom is 0.0464 e. The first kappa shape index (κ1) is 13.4. The molecule has 0 N–H and O–H groups in total. The van der Waals surface area contributed by atoms with Gasteiger partial charge in [0.15, 0.2) is 0 Å². The van der Waals surface area contributed by atoms with Gasteiger partial charge in [0.1, 0.15) is 0 Å². The van der Waals surface area contributed by atoms with Crippen molar-refractivity contribution in [2.45, 2.75) is 34.1 Å². The molecule has 0 heterocycles. The quantitative estimate of drug-likeness (QED) is 0.677. The monoisotopic (exact) mass is 250 g/mol. The van der Waals surface area contributed by atoms with Gasteiger partial charge >= 0.3 is 0 Å². The lowest BCUT2D eigenvalue weighted by Crippen LogP contribution is -2.28. The van der Waals surface area contributed by atoms with Gasteiger partial charge in [-0.05, 0) is 23.7 Å². The van der Waals surface area contributed by atoms with E-state index in [-0.39, 0.29) is 0 Å². The SMILES string of the molecule is COCCC(C)C(CBr)C(C)(C)C. The molecule has 0 spiro atoms. The fraction of sp³-hybridized carbons (Fsp3) is 1.00. The van der Waals surface area contributed by atoms with Crippen LogP contribution in [0, 0.1) is 17.3 Å². The first-order valence-corrected chi connectivity index (χ1v) is 6.10. The van der Waals surface area contributed by atoms with Gasteiger partial charge in [-0.2, -0.15) is 0 Å². The molecule has 2 heteroatoms. The largest absolute Gasteiger partial charge is 0.385 e. The molecular weight excluding hydrogens is 228 g/mol. The zero-order valence-corrected chi connectivity index (χ0v) is 11.1. The molecule has 0 saturated heterocycles. The second-order valence-electron chi connectivity index (χ2n) is 4.89. The number of hydrogen-bond acceptors (Lipinski definition) is 1. The van der Waals surface area contributed by atoms with E-state index in [4.69, 9.17) is 4.74 Å². The molecule has 0 aliphatic heterocycles. The number of hydrogen-bond donors (Lipinski definition) is 0. The Morgan fingerprint density at radius 2 is 1.85 bits per heavy atom. The molecule has 13 heavy (non-hydrogen) atoms. The van der Waals surface area contributed by atoms with Crippen LogP contribution in [0.3, 0.4) is 0 Å². The second-order valence-corrected chi connectivity index (χ2v) is 5.53. The van der Waals surface area contributed by atoms with Crippen molar-refractivity contribution in [1.29, 1.82) is 0 Å². The molecule has 0 amide bonds. The number of methoxy groups -OCH3 is 1. The fourth-order valence-electron chi connectivity index (χ4n) is 1.74. The first-order chi connectivity index (χ1) is 5.93. The van der Waals surface area contributed by atoms with E-state index in [1.807, 2.05) is 0 Å². The van der Waals surface area contributed by atoms with Crippen LogP contribution >= 0.6 is 15.9 Å². The average Bonchev–Trinajstić information content (AvgIpc) is 1.99. The molecule has 0 aromatic carbocycles. The van der Waals surface area contributed by atoms with Crippen molar-refractivity contribution in [2.24, 2.45) is 17.3 Å². The molecule has 0 rings (SSSR count). The van der Waals surface area contributed by atoms with Crippen molar-refractivity contribution in [3.05, 3.63) is 0 Å². The third kappa shape index (κ3) is 5.02. The first-order valence-electron chi connectivity index (χ1n) is 4.98. The van der Waals surface area contributed by atoms with E-state index < -0.39 is 0 Å². The molecule has 0 aromatic heterocycles. The van der Waals surface area contributed by atoms with E-state index in [1.165, 1.54) is 0 Å². The third-order valence-corrected chi connectivity index (χ3v) is 3.44. The lowest BCUT2D eigenvalue weighted by molar-refractivity contribution is 0.132. The van der Waals surface area contributed by atoms with Gasteiger partial charge in [-0.15, -0.1) is 0 Å². The van der Waals surface area contributed by atoms with Crippen LogP contribution in [0.1, 0.15) is 34.1 Å². The second kappa shape index (κ2) is 6.02. The smallest absolute Gasteiger partial charge is 0.0464 e. The third-order valence-electron chi connectivity index (χ3n) is 2.74. The highest BCUT2D eigenvalue weighted by Gasteiger charge is 2.28. The van der Waals surface area contributed by atoms with Gasteiger partial charge in [0.05, 0.1) is 0 Å². The Kier molecular flexibility index (Phi) is 6.23. The summed E-state index contributed by atoms with van der Waals surface area (Å²) < 4.78 is 5.10. The predicted molar refractivity (Wildman–Crippen MR) is 62.4 cm³/mol. The van der Waals surface area contributed by atoms with Crippen molar-refractivity contribution in [2.75, 3.05) is 19.0 Å². The fourth-order valence-corrected chi connectivity index (χ4v) is 3.35. The van der Waals surface area contributed by atoms with Crippen molar-refractivity contribution >= 4 is 15.9 Å². The standard InChI is InChI=1S/C11H23BrO/c1-9(6-7-13-5)10(8-12)11(2,3)4/h9-10H,6-8H2,1-5H3. The maximum absolute atomic E-state index is 5.10. The Morgan fingerprint density at radius 1 is 1.31 bits per heavy atom. The molecule has 0 aliphatic rings. The minimum atomic E-state index is 0.386. The average molecular weight is 251 g/mol. The summed E-state index contributed by atoms with van der Waals surface area (Å²) in [5, 5.41) is 1.08. The summed E-state index contributed by atoms with van der Waals surface area (Å²) in [6, 6.07) is 0. The molecule has 0 fully saturated rings. The van der Waals surface area contributed by atoms with Gasteiger partial charge in [0, 0.05) is 19.0 Å². The Labute approximate surface area is 91.4 Å². The maximum atomic E-state index is 5.10. The highest BCUT2D eigenvalue weighted by molar-refractivity contribution is 9.09. The molecule has 0 bridgehead atoms.